The van der Waals surface area contributed by atoms with E-state index in [2.05, 4.69) is 5.32 Å². The fourth-order valence-corrected chi connectivity index (χ4v) is 6.57. The summed E-state index contributed by atoms with van der Waals surface area (Å²) in [4.78, 5) is 19.9. The van der Waals surface area contributed by atoms with Gasteiger partial charge in [0.15, 0.2) is 23.2 Å². The van der Waals surface area contributed by atoms with Crippen molar-refractivity contribution >= 4 is 46.7 Å². The predicted octanol–water partition coefficient (Wildman–Crippen LogP) is 8.11. The number of halogens is 7. The highest BCUT2D eigenvalue weighted by Gasteiger charge is 2.43. The maximum atomic E-state index is 15.0. The first-order chi connectivity index (χ1) is 23.4. The van der Waals surface area contributed by atoms with Crippen molar-refractivity contribution in [1.82, 2.24) is 10.2 Å². The topological polar surface area (TPSA) is 94.4 Å². The number of Topliss-reactive ketones (excluding diaryl/α,β-unsaturated/α-hetero) is 1. The lowest BCUT2D eigenvalue weighted by Crippen LogP contribution is -2.34. The number of ether oxygens (including phenoxy) is 1. The first kappa shape index (κ1) is 43.1. The second-order valence-corrected chi connectivity index (χ2v) is 11.3. The van der Waals surface area contributed by atoms with Gasteiger partial charge in [-0.3, -0.25) is 9.79 Å². The summed E-state index contributed by atoms with van der Waals surface area (Å²) < 4.78 is 92.1. The van der Waals surface area contributed by atoms with Gasteiger partial charge in [-0.2, -0.15) is 13.2 Å². The Labute approximate surface area is 307 Å². The number of likely N-dealkylation sites (N-methyl/N-ethyl adjacent to an activating group) is 1. The quantitative estimate of drug-likeness (QED) is 0.0971. The molecule has 2 aromatic rings. The molecule has 5 rings (SSSR count). The zero-order valence-corrected chi connectivity index (χ0v) is 31.2. The average Bonchev–Trinajstić information content (AvgIpc) is 3.46. The summed E-state index contributed by atoms with van der Waals surface area (Å²) in [6.45, 7) is 5.86. The van der Waals surface area contributed by atoms with Crippen molar-refractivity contribution < 1.29 is 47.5 Å². The summed E-state index contributed by atoms with van der Waals surface area (Å²) in [6, 6.07) is 1.32. The SMILES string of the molecule is CC.CCC1CC(COC)=Nc2c1cc(C(F)(F)F)c(C1=CC=CN3C1=C(CNC)CC3C(=O)c1cc(F)c(F)c(F)c1)c2CCO.CO.I.[HH]. The van der Waals surface area contributed by atoms with Gasteiger partial charge in [0, 0.05) is 69.5 Å². The van der Waals surface area contributed by atoms with E-state index in [-0.39, 0.29) is 74.0 Å². The number of ketones is 1. The Balaban J connectivity index is 0.00000209. The second kappa shape index (κ2) is 19.0. The summed E-state index contributed by atoms with van der Waals surface area (Å²) in [7, 11) is 4.16. The Morgan fingerprint density at radius 1 is 1.12 bits per heavy atom. The van der Waals surface area contributed by atoms with Crippen molar-refractivity contribution in [2.75, 3.05) is 41.0 Å². The number of fused-ring (bicyclic) bond motifs is 2. The van der Waals surface area contributed by atoms with Crippen LogP contribution in [0.3, 0.4) is 0 Å². The number of aliphatic hydroxyl groups is 2. The van der Waals surface area contributed by atoms with Gasteiger partial charge in [0.1, 0.15) is 6.04 Å². The lowest BCUT2D eigenvalue weighted by Gasteiger charge is -2.33. The Bertz CT molecular complexity index is 1640. The highest BCUT2D eigenvalue weighted by molar-refractivity contribution is 14.0. The molecule has 278 valence electrons. The van der Waals surface area contributed by atoms with E-state index in [1.165, 1.54) is 30.4 Å². The van der Waals surface area contributed by atoms with Crippen LogP contribution in [0.4, 0.5) is 32.0 Å². The minimum atomic E-state index is -4.78. The summed E-state index contributed by atoms with van der Waals surface area (Å²) in [5.74, 6) is -5.71. The Morgan fingerprint density at radius 3 is 2.30 bits per heavy atom. The molecule has 3 heterocycles. The molecule has 2 atom stereocenters. The third-order valence-electron chi connectivity index (χ3n) is 8.46. The van der Waals surface area contributed by atoms with E-state index in [0.29, 0.717) is 53.2 Å². The zero-order valence-electron chi connectivity index (χ0n) is 28.8. The van der Waals surface area contributed by atoms with Crippen LogP contribution in [0.25, 0.3) is 5.57 Å². The van der Waals surface area contributed by atoms with Crippen molar-refractivity contribution in [3.8, 4) is 0 Å². The fourth-order valence-electron chi connectivity index (χ4n) is 6.57. The molecular formula is C36H46F6IN3O4. The minimum Gasteiger partial charge on any atom is -0.400 e. The van der Waals surface area contributed by atoms with E-state index >= 15 is 0 Å². The average molecular weight is 826 g/mol. The molecule has 0 fully saturated rings. The van der Waals surface area contributed by atoms with Crippen molar-refractivity contribution in [2.45, 2.75) is 64.6 Å². The first-order valence-corrected chi connectivity index (χ1v) is 16.1. The molecule has 0 saturated carbocycles. The first-order valence-electron chi connectivity index (χ1n) is 16.1. The molecule has 0 spiro atoms. The van der Waals surface area contributed by atoms with Crippen molar-refractivity contribution in [3.63, 3.8) is 0 Å². The number of aliphatic imine (C=N–C) groups is 1. The van der Waals surface area contributed by atoms with Gasteiger partial charge < -0.3 is 25.2 Å². The number of rotatable bonds is 10. The lowest BCUT2D eigenvalue weighted by molar-refractivity contribution is -0.137. The highest BCUT2D eigenvalue weighted by Crippen LogP contribution is 2.51. The highest BCUT2D eigenvalue weighted by atomic mass is 127. The molecule has 0 radical (unpaired) electrons. The molecule has 50 heavy (non-hydrogen) atoms. The molecule has 0 bridgehead atoms. The number of benzene rings is 2. The molecule has 7 nitrogen and oxygen atoms in total. The molecule has 0 aromatic heterocycles. The molecule has 0 aliphatic carbocycles. The van der Waals surface area contributed by atoms with Crippen molar-refractivity contribution in [2.24, 2.45) is 4.99 Å². The van der Waals surface area contributed by atoms with Gasteiger partial charge in [-0.25, -0.2) is 13.2 Å². The molecule has 3 aliphatic heterocycles. The zero-order chi connectivity index (χ0) is 36.6. The van der Waals surface area contributed by atoms with E-state index in [0.717, 1.165) is 13.2 Å². The van der Waals surface area contributed by atoms with E-state index in [1.54, 1.807) is 7.05 Å². The van der Waals surface area contributed by atoms with Crippen LogP contribution in [0.2, 0.25) is 0 Å². The number of methoxy groups -OCH3 is 1. The largest absolute Gasteiger partial charge is 0.417 e. The number of carbonyl (C=O) groups excluding carboxylic acids is 1. The summed E-state index contributed by atoms with van der Waals surface area (Å²) >= 11 is 0. The van der Waals surface area contributed by atoms with Crippen LogP contribution in [0, 0.1) is 17.5 Å². The number of nitrogens with one attached hydrogen (secondary N) is 1. The maximum absolute atomic E-state index is 15.0. The number of carbonyl (C=O) groups is 1. The Morgan fingerprint density at radius 2 is 1.76 bits per heavy atom. The Hall–Kier alpha value is -3.05. The smallest absolute Gasteiger partial charge is 0.400 e. The molecule has 2 aromatic carbocycles. The fraction of sp³-hybridized carbons (Fsp3) is 0.444. The third-order valence-corrected chi connectivity index (χ3v) is 8.46. The van der Waals surface area contributed by atoms with Gasteiger partial charge in [0.2, 0.25) is 0 Å². The lowest BCUT2D eigenvalue weighted by atomic mass is 9.79. The van der Waals surface area contributed by atoms with Gasteiger partial charge in [0.05, 0.1) is 17.9 Å². The van der Waals surface area contributed by atoms with Crippen molar-refractivity contribution in [3.05, 3.63) is 93.1 Å². The van der Waals surface area contributed by atoms with Gasteiger partial charge in [-0.05, 0) is 73.2 Å². The number of hydrogen-bond acceptors (Lipinski definition) is 7. The minimum absolute atomic E-state index is 0. The van der Waals surface area contributed by atoms with Crippen LogP contribution in [-0.2, 0) is 17.3 Å². The Kier molecular flexibility index (Phi) is 16.4. The van der Waals surface area contributed by atoms with Gasteiger partial charge in [0.25, 0.3) is 0 Å². The molecule has 0 amide bonds. The molecule has 3 aliphatic rings. The van der Waals surface area contributed by atoms with Crippen LogP contribution >= 0.6 is 24.0 Å². The van der Waals surface area contributed by atoms with Gasteiger partial charge in [-0.1, -0.05) is 26.8 Å². The number of aliphatic hydroxyl groups excluding tert-OH is 2. The number of hydrogen-bond donors (Lipinski definition) is 3. The second-order valence-electron chi connectivity index (χ2n) is 11.3. The maximum Gasteiger partial charge on any atom is 0.417 e. The summed E-state index contributed by atoms with van der Waals surface area (Å²) in [5.41, 5.74) is 1.39. The van der Waals surface area contributed by atoms with Crippen molar-refractivity contribution in [1.29, 1.82) is 0 Å². The normalized spacial score (nSPS) is 17.8. The van der Waals surface area contributed by atoms with Crippen LogP contribution in [-0.4, -0.2) is 73.7 Å². The van der Waals surface area contributed by atoms with E-state index in [1.807, 2.05) is 20.8 Å². The number of allylic oxidation sites excluding steroid dienone is 3. The van der Waals surface area contributed by atoms with Gasteiger partial charge >= 0.3 is 6.18 Å². The van der Waals surface area contributed by atoms with Gasteiger partial charge in [-0.15, -0.1) is 24.0 Å². The third kappa shape index (κ3) is 8.69. The predicted molar refractivity (Wildman–Crippen MR) is 195 cm³/mol. The van der Waals surface area contributed by atoms with E-state index in [9.17, 15) is 36.2 Å². The molecule has 0 saturated heterocycles. The molecular weight excluding hydrogens is 779 g/mol. The van der Waals surface area contributed by atoms with Crippen LogP contribution < -0.4 is 5.32 Å². The number of alkyl halides is 3. The van der Waals surface area contributed by atoms with Crippen LogP contribution in [0.1, 0.15) is 80.0 Å². The van der Waals surface area contributed by atoms with E-state index < -0.39 is 53.2 Å². The molecule has 14 heteroatoms. The standard InChI is InChI=1S/C33H33F6N3O3.C2H6.CH4O.HI.H2/c1-4-17-10-20(16-45-3)41-30-21(7-9-43)28(24(14-23(17)30)33(37,38)39)22-6-5-8-42-27(13-19(15-40-2)31(22)42)32(44)18-11-25(34)29(36)26(35)12-18;2*1-2;;/h5-6,8,11-12,14,17,27,40,43H,4,7,9-10,13,15-16H2,1-3H3;1-2H3;2H,1H3;2*1H. The van der Waals surface area contributed by atoms with E-state index in [4.69, 9.17) is 14.8 Å². The monoisotopic (exact) mass is 825 g/mol. The molecule has 2 unspecified atom stereocenters. The van der Waals surface area contributed by atoms with Crippen LogP contribution in [0.15, 0.2) is 52.8 Å². The van der Waals surface area contributed by atoms with Crippen LogP contribution in [0.5, 0.6) is 0 Å². The summed E-state index contributed by atoms with van der Waals surface area (Å²) in [6.07, 6.45) is 0.707. The summed E-state index contributed by atoms with van der Waals surface area (Å²) in [5, 5.41) is 20.1. The molecule has 3 N–H and O–H groups in total. The number of nitrogens with zero attached hydrogens (tertiary/aromatic N) is 2.